The fraction of sp³-hybridized carbons (Fsp3) is 0.842. The second kappa shape index (κ2) is 6.24. The van der Waals surface area contributed by atoms with Crippen molar-refractivity contribution >= 4 is 11.6 Å². The molecule has 6 atom stereocenters. The lowest BCUT2D eigenvalue weighted by molar-refractivity contribution is -0.175. The van der Waals surface area contributed by atoms with Crippen molar-refractivity contribution in [2.75, 3.05) is 6.61 Å². The van der Waals surface area contributed by atoms with Gasteiger partial charge in [0.1, 0.15) is 11.2 Å². The molecule has 3 rings (SSSR count). The van der Waals surface area contributed by atoms with E-state index in [2.05, 4.69) is 13.0 Å². The van der Waals surface area contributed by atoms with Gasteiger partial charge in [-0.25, -0.2) is 0 Å². The summed E-state index contributed by atoms with van der Waals surface area (Å²) in [6.07, 6.45) is 3.38. The summed E-state index contributed by atoms with van der Waals surface area (Å²) in [6.45, 7) is 6.29. The zero-order valence-corrected chi connectivity index (χ0v) is 14.8. The van der Waals surface area contributed by atoms with Crippen LogP contribution in [-0.2, 0) is 19.1 Å². The van der Waals surface area contributed by atoms with E-state index in [-0.39, 0.29) is 36.3 Å². The Labute approximate surface area is 143 Å². The Morgan fingerprint density at radius 3 is 2.79 bits per heavy atom. The highest BCUT2D eigenvalue weighted by molar-refractivity contribution is 5.94. The van der Waals surface area contributed by atoms with Crippen LogP contribution in [0.4, 0.5) is 0 Å². The summed E-state index contributed by atoms with van der Waals surface area (Å²) in [5, 5.41) is 9.80. The zero-order chi connectivity index (χ0) is 17.5. The molecule has 2 saturated heterocycles. The third kappa shape index (κ3) is 2.60. The Hall–Kier alpha value is -1.25. The number of hydrogen-bond acceptors (Lipinski definition) is 5. The Balaban J connectivity index is 1.86. The van der Waals surface area contributed by atoms with Gasteiger partial charge in [0.25, 0.3) is 0 Å². The molecule has 2 heterocycles. The van der Waals surface area contributed by atoms with Crippen molar-refractivity contribution in [3.8, 4) is 6.07 Å². The van der Waals surface area contributed by atoms with Crippen molar-refractivity contribution in [1.29, 1.82) is 5.26 Å². The van der Waals surface area contributed by atoms with E-state index in [1.165, 1.54) is 6.92 Å². The van der Waals surface area contributed by atoms with Gasteiger partial charge >= 0.3 is 0 Å². The van der Waals surface area contributed by atoms with Gasteiger partial charge in [-0.15, -0.1) is 0 Å². The summed E-state index contributed by atoms with van der Waals surface area (Å²) in [5.41, 5.74) is -1.73. The van der Waals surface area contributed by atoms with Crippen LogP contribution in [0, 0.1) is 34.0 Å². The Kier molecular flexibility index (Phi) is 4.57. The second-order valence-electron chi connectivity index (χ2n) is 8.10. The molecule has 2 aliphatic heterocycles. The number of fused-ring (bicyclic) bond motifs is 1. The maximum atomic E-state index is 13.5. The molecule has 5 heteroatoms. The lowest BCUT2D eigenvalue weighted by Crippen LogP contribution is -2.55. The minimum absolute atomic E-state index is 0.0255. The molecule has 3 aliphatic rings. The van der Waals surface area contributed by atoms with Gasteiger partial charge in [-0.3, -0.25) is 4.79 Å². The molecular formula is C19H27NO4. The van der Waals surface area contributed by atoms with Crippen LogP contribution >= 0.6 is 0 Å². The number of nitrogens with zero attached hydrogens (tertiary/aromatic N) is 1. The van der Waals surface area contributed by atoms with E-state index in [1.807, 2.05) is 6.92 Å². The first-order valence-corrected chi connectivity index (χ1v) is 9.06. The fourth-order valence-electron chi connectivity index (χ4n) is 4.74. The molecule has 0 aromatic rings. The highest BCUT2D eigenvalue weighted by Crippen LogP contribution is 2.54. The topological polar surface area (TPSA) is 76.4 Å². The Morgan fingerprint density at radius 1 is 1.42 bits per heavy atom. The number of rotatable bonds is 4. The number of ether oxygens (including phenoxy) is 2. The van der Waals surface area contributed by atoms with Crippen LogP contribution in [0.5, 0.6) is 0 Å². The first kappa shape index (κ1) is 17.6. The van der Waals surface area contributed by atoms with Crippen molar-refractivity contribution in [1.82, 2.24) is 0 Å². The van der Waals surface area contributed by atoms with Crippen molar-refractivity contribution in [3.05, 3.63) is 0 Å². The molecule has 1 aliphatic carbocycles. The summed E-state index contributed by atoms with van der Waals surface area (Å²) in [5.74, 6) is 0.523. The van der Waals surface area contributed by atoms with E-state index >= 15 is 0 Å². The van der Waals surface area contributed by atoms with Gasteiger partial charge in [-0.1, -0.05) is 6.92 Å². The molecule has 132 valence electrons. The molecule has 5 nitrogen and oxygen atoms in total. The molecule has 0 aromatic carbocycles. The van der Waals surface area contributed by atoms with Crippen LogP contribution in [0.3, 0.4) is 0 Å². The SMILES string of the molecule is CC(=O)CC[C@]1(C#N)CC[C@@H](C)[C@](C)([C@H]2C[C@@H]3CCO[C@@H]3O2)C1=O. The predicted octanol–water partition coefficient (Wildman–Crippen LogP) is 3.02. The van der Waals surface area contributed by atoms with Crippen LogP contribution < -0.4 is 0 Å². The number of nitriles is 1. The lowest BCUT2D eigenvalue weighted by atomic mass is 9.54. The van der Waals surface area contributed by atoms with Crippen molar-refractivity contribution in [2.24, 2.45) is 22.7 Å². The van der Waals surface area contributed by atoms with E-state index in [9.17, 15) is 14.9 Å². The Bertz CT molecular complexity index is 570. The zero-order valence-electron chi connectivity index (χ0n) is 14.8. The van der Waals surface area contributed by atoms with Gasteiger partial charge in [0, 0.05) is 12.3 Å². The molecule has 3 fully saturated rings. The fourth-order valence-corrected chi connectivity index (χ4v) is 4.74. The van der Waals surface area contributed by atoms with Crippen LogP contribution in [0.1, 0.15) is 59.3 Å². The average Bonchev–Trinajstić information content (AvgIpc) is 3.14. The molecule has 0 amide bonds. The van der Waals surface area contributed by atoms with Gasteiger partial charge in [0.05, 0.1) is 24.2 Å². The van der Waals surface area contributed by atoms with E-state index in [4.69, 9.17) is 9.47 Å². The summed E-state index contributed by atoms with van der Waals surface area (Å²) >= 11 is 0. The molecular weight excluding hydrogens is 306 g/mol. The molecule has 0 N–H and O–H groups in total. The molecule has 0 spiro atoms. The highest BCUT2D eigenvalue weighted by atomic mass is 16.7. The van der Waals surface area contributed by atoms with Gasteiger partial charge in [-0.2, -0.15) is 5.26 Å². The molecule has 1 saturated carbocycles. The number of carbonyl (C=O) groups excluding carboxylic acids is 2. The minimum Gasteiger partial charge on any atom is -0.352 e. The van der Waals surface area contributed by atoms with Crippen molar-refractivity contribution < 1.29 is 19.1 Å². The van der Waals surface area contributed by atoms with E-state index in [1.54, 1.807) is 0 Å². The number of Topliss-reactive ketones (excluding diaryl/α,β-unsaturated/α-hetero) is 2. The molecule has 0 unspecified atom stereocenters. The van der Waals surface area contributed by atoms with Crippen molar-refractivity contribution in [2.45, 2.75) is 71.7 Å². The van der Waals surface area contributed by atoms with Gasteiger partial charge in [0.15, 0.2) is 12.1 Å². The minimum atomic E-state index is -1.05. The van der Waals surface area contributed by atoms with E-state index in [0.717, 1.165) is 25.9 Å². The van der Waals surface area contributed by atoms with Crippen LogP contribution in [0.25, 0.3) is 0 Å². The van der Waals surface area contributed by atoms with Crippen LogP contribution in [-0.4, -0.2) is 30.6 Å². The maximum Gasteiger partial charge on any atom is 0.161 e. The predicted molar refractivity (Wildman–Crippen MR) is 86.8 cm³/mol. The summed E-state index contributed by atoms with van der Waals surface area (Å²) in [4.78, 5) is 24.9. The van der Waals surface area contributed by atoms with Gasteiger partial charge in [0.2, 0.25) is 0 Å². The first-order chi connectivity index (χ1) is 11.3. The quantitative estimate of drug-likeness (QED) is 0.790. The van der Waals surface area contributed by atoms with Crippen molar-refractivity contribution in [3.63, 3.8) is 0 Å². The van der Waals surface area contributed by atoms with Crippen LogP contribution in [0.15, 0.2) is 0 Å². The van der Waals surface area contributed by atoms with E-state index < -0.39 is 10.8 Å². The monoisotopic (exact) mass is 333 g/mol. The molecule has 0 bridgehead atoms. The van der Waals surface area contributed by atoms with Crippen LogP contribution in [0.2, 0.25) is 0 Å². The number of carbonyl (C=O) groups is 2. The second-order valence-corrected chi connectivity index (χ2v) is 8.10. The lowest BCUT2D eigenvalue weighted by Gasteiger charge is -2.48. The molecule has 24 heavy (non-hydrogen) atoms. The third-order valence-electron chi connectivity index (χ3n) is 6.71. The number of ketones is 2. The van der Waals surface area contributed by atoms with Gasteiger partial charge < -0.3 is 14.3 Å². The third-order valence-corrected chi connectivity index (χ3v) is 6.71. The first-order valence-electron chi connectivity index (χ1n) is 9.06. The number of hydrogen-bond donors (Lipinski definition) is 0. The standard InChI is InChI=1S/C19H27NO4/c1-12-4-7-19(11-20,8-5-13(2)21)17(22)18(12,3)15-10-14-6-9-23-16(14)24-15/h12,14-16H,4-10H2,1-3H3/t12-,14+,15-,16-,18-,19+/m1/s1. The largest absolute Gasteiger partial charge is 0.352 e. The smallest absolute Gasteiger partial charge is 0.161 e. The normalized spacial score (nSPS) is 45.0. The Morgan fingerprint density at radius 2 is 2.17 bits per heavy atom. The molecule has 0 radical (unpaired) electrons. The maximum absolute atomic E-state index is 13.5. The summed E-state index contributed by atoms with van der Waals surface area (Å²) in [6, 6.07) is 2.28. The van der Waals surface area contributed by atoms with Gasteiger partial charge in [-0.05, 0) is 51.9 Å². The average molecular weight is 333 g/mol. The molecule has 0 aromatic heterocycles. The summed E-state index contributed by atoms with van der Waals surface area (Å²) < 4.78 is 11.7. The van der Waals surface area contributed by atoms with E-state index in [0.29, 0.717) is 18.8 Å². The highest BCUT2D eigenvalue weighted by Gasteiger charge is 2.60. The summed E-state index contributed by atoms with van der Waals surface area (Å²) in [7, 11) is 0.